The average Bonchev–Trinajstić information content (AvgIpc) is 1.94. The molecule has 1 heterocycles. The molecule has 1 saturated heterocycles. The van der Waals surface area contributed by atoms with Crippen LogP contribution in [-0.2, 0) is 0 Å². The number of nitrogens with two attached hydrogens (primary N) is 1. The lowest BCUT2D eigenvalue weighted by atomic mass is 9.95. The zero-order chi connectivity index (χ0) is 7.61. The molecular weight excluding hydrogens is 124 g/mol. The maximum absolute atomic E-state index is 6.01. The Bertz CT molecular complexity index is 110. The predicted octanol–water partition coefficient (Wildman–Crippen LogP) is 0.819. The van der Waals surface area contributed by atoms with Gasteiger partial charge in [-0.05, 0) is 46.3 Å². The molecule has 1 unspecified atom stereocenters. The molecule has 60 valence electrons. The third-order valence-electron chi connectivity index (χ3n) is 2.35. The summed E-state index contributed by atoms with van der Waals surface area (Å²) < 4.78 is 0. The lowest BCUT2D eigenvalue weighted by Gasteiger charge is -2.21. The van der Waals surface area contributed by atoms with E-state index in [1.54, 1.807) is 0 Å². The van der Waals surface area contributed by atoms with Gasteiger partial charge in [0.05, 0.1) is 0 Å². The van der Waals surface area contributed by atoms with Crippen LogP contribution in [-0.4, -0.2) is 30.6 Å². The van der Waals surface area contributed by atoms with Gasteiger partial charge in [-0.1, -0.05) is 0 Å². The lowest BCUT2D eigenvalue weighted by Crippen LogP contribution is -2.36. The molecule has 0 amide bonds. The first kappa shape index (κ1) is 8.02. The zero-order valence-electron chi connectivity index (χ0n) is 7.06. The van der Waals surface area contributed by atoms with Crippen LogP contribution in [0.15, 0.2) is 0 Å². The highest BCUT2D eigenvalue weighted by Crippen LogP contribution is 2.17. The molecule has 1 atom stereocenters. The Kier molecular flexibility index (Phi) is 2.32. The first-order valence-electron chi connectivity index (χ1n) is 4.08. The van der Waals surface area contributed by atoms with Gasteiger partial charge in [0.15, 0.2) is 0 Å². The smallest absolute Gasteiger partial charge is 0.0138 e. The second-order valence-electron chi connectivity index (χ2n) is 3.81. The number of hydrogen-bond donors (Lipinski definition) is 1. The average molecular weight is 142 g/mol. The molecule has 2 nitrogen and oxygen atoms in total. The number of hydrogen-bond acceptors (Lipinski definition) is 2. The minimum Gasteiger partial charge on any atom is -0.325 e. The Hall–Kier alpha value is -0.0800. The molecule has 0 spiro atoms. The van der Waals surface area contributed by atoms with E-state index >= 15 is 0 Å². The van der Waals surface area contributed by atoms with Crippen LogP contribution >= 0.6 is 0 Å². The standard InChI is InChI=1S/C8H18N2/c1-8(9)4-3-6-10(2)7-5-8/h3-7,9H2,1-2H3. The third-order valence-corrected chi connectivity index (χ3v) is 2.35. The van der Waals surface area contributed by atoms with Crippen LogP contribution in [0, 0.1) is 0 Å². The van der Waals surface area contributed by atoms with E-state index in [1.165, 1.54) is 19.4 Å². The molecule has 1 aliphatic heterocycles. The maximum Gasteiger partial charge on any atom is 0.0138 e. The van der Waals surface area contributed by atoms with Crippen molar-refractivity contribution < 1.29 is 0 Å². The Morgan fingerprint density at radius 2 is 2.00 bits per heavy atom. The van der Waals surface area contributed by atoms with Gasteiger partial charge in [-0.2, -0.15) is 0 Å². The fraction of sp³-hybridized carbons (Fsp3) is 1.00. The zero-order valence-corrected chi connectivity index (χ0v) is 7.06. The highest BCUT2D eigenvalue weighted by Gasteiger charge is 2.21. The molecule has 0 aromatic rings. The van der Waals surface area contributed by atoms with Crippen molar-refractivity contribution in [3.8, 4) is 0 Å². The summed E-state index contributed by atoms with van der Waals surface area (Å²) in [5, 5.41) is 0. The van der Waals surface area contributed by atoms with Crippen LogP contribution in [0.1, 0.15) is 26.2 Å². The van der Waals surface area contributed by atoms with Crippen molar-refractivity contribution in [2.45, 2.75) is 31.7 Å². The molecule has 0 radical (unpaired) electrons. The molecule has 0 saturated carbocycles. The van der Waals surface area contributed by atoms with Crippen molar-refractivity contribution in [2.24, 2.45) is 5.73 Å². The summed E-state index contributed by atoms with van der Waals surface area (Å²) >= 11 is 0. The highest BCUT2D eigenvalue weighted by molar-refractivity contribution is 4.82. The minimum atomic E-state index is 0.102. The van der Waals surface area contributed by atoms with E-state index in [9.17, 15) is 0 Å². The fourth-order valence-electron chi connectivity index (χ4n) is 1.44. The molecule has 0 aromatic carbocycles. The Morgan fingerprint density at radius 1 is 1.30 bits per heavy atom. The first-order valence-corrected chi connectivity index (χ1v) is 4.08. The summed E-state index contributed by atoms with van der Waals surface area (Å²) in [6, 6.07) is 0. The van der Waals surface area contributed by atoms with Gasteiger partial charge in [0.1, 0.15) is 0 Å². The van der Waals surface area contributed by atoms with Crippen molar-refractivity contribution in [3.63, 3.8) is 0 Å². The van der Waals surface area contributed by atoms with Crippen molar-refractivity contribution in [1.29, 1.82) is 0 Å². The normalized spacial score (nSPS) is 37.5. The monoisotopic (exact) mass is 142 g/mol. The summed E-state index contributed by atoms with van der Waals surface area (Å²) in [6.45, 7) is 4.53. The molecule has 10 heavy (non-hydrogen) atoms. The van der Waals surface area contributed by atoms with Crippen molar-refractivity contribution in [3.05, 3.63) is 0 Å². The molecular formula is C8H18N2. The van der Waals surface area contributed by atoms with E-state index in [1.807, 2.05) is 0 Å². The SMILES string of the molecule is CN1CCCC(C)(N)CC1. The van der Waals surface area contributed by atoms with Crippen LogP contribution in [0.5, 0.6) is 0 Å². The summed E-state index contributed by atoms with van der Waals surface area (Å²) in [6.07, 6.45) is 3.57. The Morgan fingerprint density at radius 3 is 2.70 bits per heavy atom. The number of nitrogens with zero attached hydrogens (tertiary/aromatic N) is 1. The van der Waals surface area contributed by atoms with Gasteiger partial charge < -0.3 is 10.6 Å². The predicted molar refractivity (Wildman–Crippen MR) is 43.9 cm³/mol. The quantitative estimate of drug-likeness (QED) is 0.542. The number of likely N-dealkylation sites (tertiary alicyclic amines) is 1. The minimum absolute atomic E-state index is 0.102. The van der Waals surface area contributed by atoms with Crippen LogP contribution < -0.4 is 5.73 Å². The van der Waals surface area contributed by atoms with Crippen LogP contribution in [0.4, 0.5) is 0 Å². The van der Waals surface area contributed by atoms with E-state index in [-0.39, 0.29) is 5.54 Å². The first-order chi connectivity index (χ1) is 4.60. The molecule has 1 rings (SSSR count). The Balaban J connectivity index is 2.41. The molecule has 1 fully saturated rings. The van der Waals surface area contributed by atoms with E-state index in [0.717, 1.165) is 13.0 Å². The molecule has 2 heteroatoms. The van der Waals surface area contributed by atoms with Crippen molar-refractivity contribution in [2.75, 3.05) is 20.1 Å². The van der Waals surface area contributed by atoms with Gasteiger partial charge in [-0.15, -0.1) is 0 Å². The molecule has 2 N–H and O–H groups in total. The Labute approximate surface area is 63.4 Å². The molecule has 0 aliphatic carbocycles. The summed E-state index contributed by atoms with van der Waals surface area (Å²) in [4.78, 5) is 2.36. The van der Waals surface area contributed by atoms with Gasteiger partial charge >= 0.3 is 0 Å². The topological polar surface area (TPSA) is 29.3 Å². The summed E-state index contributed by atoms with van der Waals surface area (Å²) in [5.41, 5.74) is 6.12. The second-order valence-corrected chi connectivity index (χ2v) is 3.81. The second kappa shape index (κ2) is 2.89. The number of rotatable bonds is 0. The van der Waals surface area contributed by atoms with Gasteiger partial charge in [0, 0.05) is 5.54 Å². The summed E-state index contributed by atoms with van der Waals surface area (Å²) in [7, 11) is 2.17. The van der Waals surface area contributed by atoms with Crippen LogP contribution in [0.2, 0.25) is 0 Å². The van der Waals surface area contributed by atoms with Crippen molar-refractivity contribution >= 4 is 0 Å². The lowest BCUT2D eigenvalue weighted by molar-refractivity contribution is 0.335. The van der Waals surface area contributed by atoms with Crippen LogP contribution in [0.25, 0.3) is 0 Å². The largest absolute Gasteiger partial charge is 0.325 e. The summed E-state index contributed by atoms with van der Waals surface area (Å²) in [5.74, 6) is 0. The van der Waals surface area contributed by atoms with Crippen molar-refractivity contribution in [1.82, 2.24) is 4.90 Å². The van der Waals surface area contributed by atoms with E-state index in [4.69, 9.17) is 5.73 Å². The third kappa shape index (κ3) is 2.27. The highest BCUT2D eigenvalue weighted by atomic mass is 15.1. The van der Waals surface area contributed by atoms with E-state index in [2.05, 4.69) is 18.9 Å². The molecule has 0 aromatic heterocycles. The van der Waals surface area contributed by atoms with Crippen LogP contribution in [0.3, 0.4) is 0 Å². The van der Waals surface area contributed by atoms with E-state index < -0.39 is 0 Å². The fourth-order valence-corrected chi connectivity index (χ4v) is 1.44. The maximum atomic E-state index is 6.01. The van der Waals surface area contributed by atoms with Gasteiger partial charge in [-0.3, -0.25) is 0 Å². The molecule has 1 aliphatic rings. The van der Waals surface area contributed by atoms with Gasteiger partial charge in [0.2, 0.25) is 0 Å². The molecule has 0 bridgehead atoms. The van der Waals surface area contributed by atoms with Gasteiger partial charge in [-0.25, -0.2) is 0 Å². The van der Waals surface area contributed by atoms with E-state index in [0.29, 0.717) is 0 Å². The van der Waals surface area contributed by atoms with Gasteiger partial charge in [0.25, 0.3) is 0 Å².